The molecular formula is C10H13F2NO2. The number of alkyl halides is 2. The minimum absolute atomic E-state index is 0.271. The highest BCUT2D eigenvalue weighted by atomic mass is 19.3. The van der Waals surface area contributed by atoms with Crippen molar-refractivity contribution in [1.82, 2.24) is 5.32 Å². The number of rotatable bonds is 4. The van der Waals surface area contributed by atoms with Crippen molar-refractivity contribution in [3.63, 3.8) is 0 Å². The summed E-state index contributed by atoms with van der Waals surface area (Å²) in [6.45, 7) is 0.271. The Balaban J connectivity index is 2.96. The van der Waals surface area contributed by atoms with E-state index in [9.17, 15) is 13.9 Å². The maximum atomic E-state index is 12.4. The van der Waals surface area contributed by atoms with E-state index in [1.807, 2.05) is 0 Å². The van der Waals surface area contributed by atoms with Gasteiger partial charge in [0.15, 0.2) is 0 Å². The van der Waals surface area contributed by atoms with Crippen LogP contribution in [0.1, 0.15) is 23.7 Å². The van der Waals surface area contributed by atoms with Crippen LogP contribution in [-0.4, -0.2) is 23.8 Å². The zero-order valence-corrected chi connectivity index (χ0v) is 8.24. The third-order valence-corrected chi connectivity index (χ3v) is 2.07. The van der Waals surface area contributed by atoms with Crippen LogP contribution in [0.25, 0.3) is 0 Å². The van der Waals surface area contributed by atoms with Gasteiger partial charge in [-0.1, -0.05) is 6.07 Å². The maximum absolute atomic E-state index is 12.4. The van der Waals surface area contributed by atoms with Crippen LogP contribution in [0.3, 0.4) is 0 Å². The van der Waals surface area contributed by atoms with Crippen molar-refractivity contribution in [1.29, 1.82) is 0 Å². The van der Waals surface area contributed by atoms with Crippen LogP contribution in [0.5, 0.6) is 5.75 Å². The fourth-order valence-electron chi connectivity index (χ4n) is 1.27. The highest BCUT2D eigenvalue weighted by molar-refractivity contribution is 5.37. The Bertz CT molecular complexity index is 331. The lowest BCUT2D eigenvalue weighted by molar-refractivity contribution is 0.146. The molecular weight excluding hydrogens is 204 g/mol. The summed E-state index contributed by atoms with van der Waals surface area (Å²) in [6, 6.07) is 3.70. The minimum Gasteiger partial charge on any atom is -0.507 e. The quantitative estimate of drug-likeness (QED) is 0.717. The number of benzene rings is 1. The van der Waals surface area contributed by atoms with Gasteiger partial charge in [0.2, 0.25) is 0 Å². The molecule has 5 heteroatoms. The van der Waals surface area contributed by atoms with Crippen LogP contribution in [0.4, 0.5) is 8.78 Å². The second kappa shape index (κ2) is 5.04. The van der Waals surface area contributed by atoms with Crippen LogP contribution >= 0.6 is 0 Å². The lowest BCUT2D eigenvalue weighted by Crippen LogP contribution is -2.16. The second-order valence-electron chi connectivity index (χ2n) is 3.19. The molecule has 1 unspecified atom stereocenters. The van der Waals surface area contributed by atoms with Gasteiger partial charge in [-0.05, 0) is 24.7 Å². The average Bonchev–Trinajstić information content (AvgIpc) is 2.18. The largest absolute Gasteiger partial charge is 0.507 e. The van der Waals surface area contributed by atoms with Gasteiger partial charge in [-0.25, -0.2) is 8.78 Å². The molecule has 0 spiro atoms. The summed E-state index contributed by atoms with van der Waals surface area (Å²) >= 11 is 0. The van der Waals surface area contributed by atoms with E-state index in [1.54, 1.807) is 7.05 Å². The first kappa shape index (κ1) is 11.9. The Morgan fingerprint density at radius 1 is 1.40 bits per heavy atom. The Kier molecular flexibility index (Phi) is 3.99. The molecule has 1 rings (SSSR count). The molecule has 3 nitrogen and oxygen atoms in total. The molecule has 0 fully saturated rings. The van der Waals surface area contributed by atoms with Crippen LogP contribution in [0, 0.1) is 0 Å². The smallest absolute Gasteiger partial charge is 0.267 e. The van der Waals surface area contributed by atoms with Gasteiger partial charge in [-0.3, -0.25) is 0 Å². The van der Waals surface area contributed by atoms with Crippen molar-refractivity contribution in [2.75, 3.05) is 13.6 Å². The van der Waals surface area contributed by atoms with Gasteiger partial charge in [0, 0.05) is 6.54 Å². The average molecular weight is 217 g/mol. The van der Waals surface area contributed by atoms with Gasteiger partial charge in [0.25, 0.3) is 6.43 Å². The third-order valence-electron chi connectivity index (χ3n) is 2.07. The summed E-state index contributed by atoms with van der Waals surface area (Å²) in [5, 5.41) is 21.4. The molecule has 1 aromatic rings. The molecule has 0 radical (unpaired) electrons. The Hall–Kier alpha value is -1.20. The van der Waals surface area contributed by atoms with Gasteiger partial charge < -0.3 is 15.5 Å². The van der Waals surface area contributed by atoms with Crippen molar-refractivity contribution in [2.24, 2.45) is 0 Å². The third kappa shape index (κ3) is 2.87. The highest BCUT2D eigenvalue weighted by Crippen LogP contribution is 2.30. The van der Waals surface area contributed by atoms with Crippen molar-refractivity contribution in [3.05, 3.63) is 29.3 Å². The van der Waals surface area contributed by atoms with E-state index < -0.39 is 23.8 Å². The monoisotopic (exact) mass is 217 g/mol. The fraction of sp³-hybridized carbons (Fsp3) is 0.400. The Labute approximate surface area is 86.4 Å². The van der Waals surface area contributed by atoms with Crippen molar-refractivity contribution >= 4 is 0 Å². The van der Waals surface area contributed by atoms with Crippen LogP contribution in [0.15, 0.2) is 18.2 Å². The molecule has 3 N–H and O–H groups in total. The molecule has 0 aliphatic carbocycles. The van der Waals surface area contributed by atoms with Crippen molar-refractivity contribution < 1.29 is 19.0 Å². The van der Waals surface area contributed by atoms with Crippen LogP contribution in [0.2, 0.25) is 0 Å². The topological polar surface area (TPSA) is 52.5 Å². The number of hydrogen-bond acceptors (Lipinski definition) is 3. The first-order valence-electron chi connectivity index (χ1n) is 4.50. The van der Waals surface area contributed by atoms with E-state index in [-0.39, 0.29) is 6.54 Å². The summed E-state index contributed by atoms with van der Waals surface area (Å²) in [4.78, 5) is 0. The van der Waals surface area contributed by atoms with Gasteiger partial charge in [-0.15, -0.1) is 0 Å². The SMILES string of the molecule is CNCC(O)c1ccc(O)c(C(F)F)c1. The fourth-order valence-corrected chi connectivity index (χ4v) is 1.27. The predicted octanol–water partition coefficient (Wildman–Crippen LogP) is 1.58. The van der Waals surface area contributed by atoms with Crippen molar-refractivity contribution in [3.8, 4) is 5.75 Å². The van der Waals surface area contributed by atoms with Gasteiger partial charge in [0.1, 0.15) is 5.75 Å². The molecule has 0 aromatic heterocycles. The van der Waals surface area contributed by atoms with Gasteiger partial charge in [0.05, 0.1) is 11.7 Å². The number of aliphatic hydroxyl groups is 1. The zero-order chi connectivity index (χ0) is 11.4. The lowest BCUT2D eigenvalue weighted by atomic mass is 10.1. The molecule has 84 valence electrons. The molecule has 0 saturated heterocycles. The first-order chi connectivity index (χ1) is 7.06. The van der Waals surface area contributed by atoms with Crippen LogP contribution in [-0.2, 0) is 0 Å². The molecule has 0 heterocycles. The zero-order valence-electron chi connectivity index (χ0n) is 8.24. The number of phenolic OH excluding ortho intramolecular Hbond substituents is 1. The van der Waals surface area contributed by atoms with Gasteiger partial charge in [-0.2, -0.15) is 0 Å². The standard InChI is InChI=1S/C10H13F2NO2/c1-13-5-9(15)6-2-3-8(14)7(4-6)10(11)12/h2-4,9-10,13-15H,5H2,1H3. The molecule has 1 atom stereocenters. The van der Waals surface area contributed by atoms with E-state index in [1.165, 1.54) is 6.07 Å². The number of halogens is 2. The van der Waals surface area contributed by atoms with Crippen molar-refractivity contribution in [2.45, 2.75) is 12.5 Å². The maximum Gasteiger partial charge on any atom is 0.267 e. The second-order valence-corrected chi connectivity index (χ2v) is 3.19. The van der Waals surface area contributed by atoms with E-state index in [2.05, 4.69) is 5.32 Å². The summed E-state index contributed by atoms with van der Waals surface area (Å²) < 4.78 is 24.8. The summed E-state index contributed by atoms with van der Waals surface area (Å²) in [7, 11) is 1.65. The molecule has 0 aliphatic rings. The van der Waals surface area contributed by atoms with E-state index in [0.717, 1.165) is 12.1 Å². The normalized spacial score (nSPS) is 13.1. The number of likely N-dealkylation sites (N-methyl/N-ethyl adjacent to an activating group) is 1. The number of aromatic hydroxyl groups is 1. The predicted molar refractivity (Wildman–Crippen MR) is 52.0 cm³/mol. The number of aliphatic hydroxyl groups excluding tert-OH is 1. The number of phenols is 1. The van der Waals surface area contributed by atoms with E-state index in [4.69, 9.17) is 5.11 Å². The Morgan fingerprint density at radius 3 is 2.60 bits per heavy atom. The summed E-state index contributed by atoms with van der Waals surface area (Å²) in [5.41, 5.74) is -0.0971. The molecule has 0 amide bonds. The highest BCUT2D eigenvalue weighted by Gasteiger charge is 2.15. The molecule has 15 heavy (non-hydrogen) atoms. The van der Waals surface area contributed by atoms with Gasteiger partial charge >= 0.3 is 0 Å². The summed E-state index contributed by atoms with van der Waals surface area (Å²) in [6.07, 6.45) is -3.60. The van der Waals surface area contributed by atoms with E-state index in [0.29, 0.717) is 5.56 Å². The minimum atomic E-state index is -2.74. The molecule has 0 bridgehead atoms. The summed E-state index contributed by atoms with van der Waals surface area (Å²) in [5.74, 6) is -0.453. The number of nitrogens with one attached hydrogen (secondary N) is 1. The Morgan fingerprint density at radius 2 is 2.07 bits per heavy atom. The lowest BCUT2D eigenvalue weighted by Gasteiger charge is -2.12. The molecule has 0 aliphatic heterocycles. The van der Waals surface area contributed by atoms with Crippen LogP contribution < -0.4 is 5.32 Å². The first-order valence-corrected chi connectivity index (χ1v) is 4.50. The molecule has 1 aromatic carbocycles. The molecule has 0 saturated carbocycles. The number of hydrogen-bond donors (Lipinski definition) is 3. The van der Waals surface area contributed by atoms with E-state index >= 15 is 0 Å².